The minimum absolute atomic E-state index is 0.108. The second-order valence-electron chi connectivity index (χ2n) is 15.7. The van der Waals surface area contributed by atoms with E-state index >= 15 is 0 Å². The van der Waals surface area contributed by atoms with Crippen LogP contribution in [0, 0.1) is 6.92 Å². The van der Waals surface area contributed by atoms with Crippen LogP contribution < -0.4 is 0 Å². The molecule has 0 saturated carbocycles. The van der Waals surface area contributed by atoms with Crippen molar-refractivity contribution in [1.82, 2.24) is 19.1 Å². The number of benzene rings is 7. The third-order valence-electron chi connectivity index (χ3n) is 13.1. The first-order valence-corrected chi connectivity index (χ1v) is 19.0. The molecule has 3 aliphatic rings. The van der Waals surface area contributed by atoms with Gasteiger partial charge in [-0.1, -0.05) is 72.8 Å². The average Bonchev–Trinajstić information content (AvgIpc) is 3.77. The lowest BCUT2D eigenvalue weighted by Crippen LogP contribution is -2.52. The number of hydrogen-bond donors (Lipinski definition) is 0. The molecule has 0 N–H and O–H groups in total. The van der Waals surface area contributed by atoms with E-state index in [-0.39, 0.29) is 22.9 Å². The number of para-hydroxylation sites is 4. The van der Waals surface area contributed by atoms with Crippen molar-refractivity contribution in [2.75, 3.05) is 0 Å². The molecule has 7 aromatic carbocycles. The van der Waals surface area contributed by atoms with E-state index in [0.717, 1.165) is 55.6 Å². The fourth-order valence-electron chi connectivity index (χ4n) is 10.9. The van der Waals surface area contributed by atoms with E-state index in [4.69, 9.17) is 9.97 Å². The van der Waals surface area contributed by atoms with E-state index in [0.29, 0.717) is 5.52 Å². The molecule has 3 unspecified atom stereocenters. The molecule has 4 nitrogen and oxygen atoms in total. The molecule has 0 radical (unpaired) electrons. The van der Waals surface area contributed by atoms with Gasteiger partial charge in [-0.2, -0.15) is 13.2 Å². The van der Waals surface area contributed by atoms with Crippen molar-refractivity contribution in [1.29, 1.82) is 0 Å². The van der Waals surface area contributed by atoms with E-state index in [1.807, 2.05) is 12.1 Å². The van der Waals surface area contributed by atoms with Gasteiger partial charge in [0.05, 0.1) is 50.1 Å². The number of halogens is 3. The predicted octanol–water partition coefficient (Wildman–Crippen LogP) is 12.0. The van der Waals surface area contributed by atoms with Crippen molar-refractivity contribution < 1.29 is 13.2 Å². The normalized spacial score (nSPS) is 19.1. The second kappa shape index (κ2) is 10.1. The molecule has 0 amide bonds. The Balaban J connectivity index is 1.14. The Kier molecular flexibility index (Phi) is 5.52. The van der Waals surface area contributed by atoms with Crippen LogP contribution in [0.5, 0.6) is 0 Å². The monoisotopic (exact) mass is 730 g/mol. The van der Waals surface area contributed by atoms with E-state index in [2.05, 4.69) is 130 Å². The summed E-state index contributed by atoms with van der Waals surface area (Å²) in [6.45, 7) is 1.51. The van der Waals surface area contributed by atoms with Crippen molar-refractivity contribution in [3.05, 3.63) is 190 Å². The van der Waals surface area contributed by atoms with Gasteiger partial charge in [0.15, 0.2) is 0 Å². The van der Waals surface area contributed by atoms with Gasteiger partial charge in [0.2, 0.25) is 0 Å². The van der Waals surface area contributed by atoms with Crippen LogP contribution in [-0.2, 0) is 11.6 Å². The maximum absolute atomic E-state index is 14.2. The zero-order valence-electron chi connectivity index (χ0n) is 29.9. The minimum atomic E-state index is -4.49. The van der Waals surface area contributed by atoms with Crippen molar-refractivity contribution >= 4 is 54.6 Å². The second-order valence-corrected chi connectivity index (χ2v) is 15.7. The molecule has 56 heavy (non-hydrogen) atoms. The number of alkyl halides is 3. The average molecular weight is 731 g/mol. The number of aryl methyl sites for hydroxylation is 1. The van der Waals surface area contributed by atoms with Gasteiger partial charge in [0.1, 0.15) is 0 Å². The number of nitrogens with zero attached hydrogens (tertiary/aromatic N) is 4. The Morgan fingerprint density at radius 1 is 0.500 bits per heavy atom. The molecule has 0 saturated heterocycles. The molecule has 7 heteroatoms. The zero-order chi connectivity index (χ0) is 37.2. The lowest BCUT2D eigenvalue weighted by Gasteiger charge is -2.58. The first-order chi connectivity index (χ1) is 27.3. The van der Waals surface area contributed by atoms with E-state index in [9.17, 15) is 13.2 Å². The molecule has 0 bridgehead atoms. The summed E-state index contributed by atoms with van der Waals surface area (Å²) in [6, 6.07) is 50.2. The highest BCUT2D eigenvalue weighted by molar-refractivity contribution is 6.12. The summed E-state index contributed by atoms with van der Waals surface area (Å²) in [5.41, 5.74) is 13.0. The number of hydrogen-bond acceptors (Lipinski definition) is 2. The highest BCUT2D eigenvalue weighted by Gasteiger charge is 2.71. The van der Waals surface area contributed by atoms with Crippen LogP contribution in [0.25, 0.3) is 66.0 Å². The molecule has 266 valence electrons. The van der Waals surface area contributed by atoms with Crippen LogP contribution >= 0.6 is 0 Å². The highest BCUT2D eigenvalue weighted by Crippen LogP contribution is 2.77. The lowest BCUT2D eigenvalue weighted by atomic mass is 9.43. The van der Waals surface area contributed by atoms with Crippen LogP contribution in [0.2, 0.25) is 0 Å². The number of aromatic nitrogens is 4. The summed E-state index contributed by atoms with van der Waals surface area (Å²) in [4.78, 5) is 10.4. The molecule has 1 spiro atoms. The summed E-state index contributed by atoms with van der Waals surface area (Å²) < 4.78 is 47.4. The SMILES string of the molecule is Cc1cc2nc3c(nc2cc1C(F)(F)F)C1c2cc4c5ccccc5n(-c5ccccc5)c4cc2C12c1cc4c5ccccc5n(-c5ccccc5)c4cc1C32. The highest BCUT2D eigenvalue weighted by atomic mass is 19.4. The maximum Gasteiger partial charge on any atom is 0.416 e. The summed E-state index contributed by atoms with van der Waals surface area (Å²) >= 11 is 0. The summed E-state index contributed by atoms with van der Waals surface area (Å²) in [5, 5.41) is 4.66. The van der Waals surface area contributed by atoms with Crippen LogP contribution in [0.4, 0.5) is 13.2 Å². The van der Waals surface area contributed by atoms with Crippen molar-refractivity contribution in [2.24, 2.45) is 0 Å². The summed E-state index contributed by atoms with van der Waals surface area (Å²) in [6.07, 6.45) is -4.49. The van der Waals surface area contributed by atoms with Crippen LogP contribution in [-0.4, -0.2) is 19.1 Å². The molecule has 0 aliphatic heterocycles. The molecule has 0 fully saturated rings. The van der Waals surface area contributed by atoms with Gasteiger partial charge in [-0.05, 0) is 108 Å². The largest absolute Gasteiger partial charge is 0.416 e. The van der Waals surface area contributed by atoms with E-state index < -0.39 is 17.2 Å². The van der Waals surface area contributed by atoms with Gasteiger partial charge in [-0.15, -0.1) is 0 Å². The third-order valence-corrected chi connectivity index (χ3v) is 13.1. The number of rotatable bonds is 2. The topological polar surface area (TPSA) is 35.6 Å². The van der Waals surface area contributed by atoms with Crippen LogP contribution in [0.15, 0.2) is 146 Å². The summed E-state index contributed by atoms with van der Waals surface area (Å²) in [7, 11) is 0. The fraction of sp³-hybridized carbons (Fsp3) is 0.102. The Bertz CT molecular complexity index is 3380. The van der Waals surface area contributed by atoms with Crippen molar-refractivity contribution in [2.45, 2.75) is 30.4 Å². The number of fused-ring (bicyclic) bond motifs is 14. The molecule has 3 aromatic heterocycles. The Morgan fingerprint density at radius 2 is 0.982 bits per heavy atom. The standard InChI is InChI=1S/C49H29F3N4/c1-26-20-38-39(24-35(26)49(50,51)52)54-46-44-33-21-31-29-16-8-10-18-40(29)56(28-14-6-3-7-15-28)43(31)25-37(33)48(44)36-22-32-30-17-9-11-19-41(30)55(27-12-4-2-5-13-27)42(32)23-34(36)45(48)47(46)53-38/h2-25,44-45H,1H3. The third kappa shape index (κ3) is 3.53. The Labute approximate surface area is 318 Å². The van der Waals surface area contributed by atoms with Gasteiger partial charge in [-0.3, -0.25) is 0 Å². The molecular formula is C49H29F3N4. The first-order valence-electron chi connectivity index (χ1n) is 19.0. The maximum atomic E-state index is 14.2. The first kappa shape index (κ1) is 30.6. The van der Waals surface area contributed by atoms with E-state index in [1.165, 1.54) is 46.0 Å². The smallest absolute Gasteiger partial charge is 0.309 e. The quantitative estimate of drug-likeness (QED) is 0.178. The van der Waals surface area contributed by atoms with Crippen LogP contribution in [0.1, 0.15) is 56.6 Å². The van der Waals surface area contributed by atoms with Gasteiger partial charge in [0.25, 0.3) is 0 Å². The molecule has 10 aromatic rings. The lowest BCUT2D eigenvalue weighted by molar-refractivity contribution is -0.137. The molecule has 3 aliphatic carbocycles. The van der Waals surface area contributed by atoms with Gasteiger partial charge in [-0.25, -0.2) is 9.97 Å². The van der Waals surface area contributed by atoms with Gasteiger partial charge < -0.3 is 9.13 Å². The Hall–Kier alpha value is -6.73. The molecular weight excluding hydrogens is 702 g/mol. The molecule has 13 rings (SSSR count). The fourth-order valence-corrected chi connectivity index (χ4v) is 10.9. The predicted molar refractivity (Wildman–Crippen MR) is 215 cm³/mol. The molecule has 3 atom stereocenters. The minimum Gasteiger partial charge on any atom is -0.309 e. The zero-order valence-corrected chi connectivity index (χ0v) is 29.9. The Morgan fingerprint density at radius 3 is 1.57 bits per heavy atom. The van der Waals surface area contributed by atoms with E-state index in [1.54, 1.807) is 6.07 Å². The van der Waals surface area contributed by atoms with Crippen molar-refractivity contribution in [3.8, 4) is 11.4 Å². The van der Waals surface area contributed by atoms with Crippen LogP contribution in [0.3, 0.4) is 0 Å². The van der Waals surface area contributed by atoms with Gasteiger partial charge >= 0.3 is 6.18 Å². The molecule has 3 heterocycles. The van der Waals surface area contributed by atoms with Crippen molar-refractivity contribution in [3.63, 3.8) is 0 Å². The summed E-state index contributed by atoms with van der Waals surface area (Å²) in [5.74, 6) is -0.260. The van der Waals surface area contributed by atoms with Gasteiger partial charge in [0, 0.05) is 50.2 Å².